The van der Waals surface area contributed by atoms with Crippen LogP contribution in [0.4, 0.5) is 34.1 Å². The van der Waals surface area contributed by atoms with Crippen LogP contribution in [0.2, 0.25) is 0 Å². The van der Waals surface area contributed by atoms with E-state index >= 15 is 0 Å². The lowest BCUT2D eigenvalue weighted by atomic mass is 10.0. The molecule has 0 amide bonds. The van der Waals surface area contributed by atoms with Crippen molar-refractivity contribution in [3.05, 3.63) is 229 Å². The van der Waals surface area contributed by atoms with Crippen molar-refractivity contribution in [2.24, 2.45) is 0 Å². The van der Waals surface area contributed by atoms with Crippen LogP contribution in [0.1, 0.15) is 29.4 Å². The van der Waals surface area contributed by atoms with Crippen molar-refractivity contribution in [1.82, 2.24) is 8.80 Å². The second-order valence-corrected chi connectivity index (χ2v) is 20.1. The van der Waals surface area contributed by atoms with Crippen molar-refractivity contribution in [2.45, 2.75) is 20.8 Å². The fourth-order valence-electron chi connectivity index (χ4n) is 12.9. The van der Waals surface area contributed by atoms with Gasteiger partial charge in [0.15, 0.2) is 11.2 Å². The van der Waals surface area contributed by atoms with Gasteiger partial charge in [0.25, 0.3) is 0 Å². The summed E-state index contributed by atoms with van der Waals surface area (Å²) in [5.74, 6) is 0.759. The van der Waals surface area contributed by atoms with Crippen LogP contribution < -0.4 is 9.80 Å². The number of benzene rings is 10. The third-order valence-corrected chi connectivity index (χ3v) is 15.9. The number of aromatic nitrogens is 2. The number of hydrogen-bond donors (Lipinski definition) is 0. The lowest BCUT2D eigenvalue weighted by molar-refractivity contribution is 0.604. The Morgan fingerprint density at radius 2 is 0.880 bits per heavy atom. The summed E-state index contributed by atoms with van der Waals surface area (Å²) in [7, 11) is 0. The number of rotatable bonds is 8. The molecule has 0 unspecified atom stereocenters. The number of nitrogens with zero attached hydrogens (tertiary/aromatic N) is 4. The molecule has 0 saturated heterocycles. The van der Waals surface area contributed by atoms with E-state index in [-0.39, 0.29) is 0 Å². The zero-order chi connectivity index (χ0) is 49.8. The summed E-state index contributed by atoms with van der Waals surface area (Å²) in [4.78, 5) is 4.80. The standard InChI is InChI=1S/C69H46N4O2/c1-5-17-44-48-25-13-33-58(68(48)74-62(44)6-2)70(42-20-9-18-40(3)36-42)54-29-15-31-56-64(54)50-27-11-23-46-52-39-61-53(38-60(52)72(56)66(46)50)47-24-12-28-51-65-55(30-16-32-57(65)73(61)67(47)51)71(43-21-10-19-41(4)37-43)59-34-14-26-49-45-22-7-8-35-63(45)75-69(49)59/h5-39H,2H2,1,3-4H3/b17-5-. The average molecular weight is 963 g/mol. The van der Waals surface area contributed by atoms with E-state index in [1.807, 2.05) is 19.1 Å². The quantitative estimate of drug-likeness (QED) is 0.152. The van der Waals surface area contributed by atoms with Gasteiger partial charge in [0.05, 0.1) is 55.8 Å². The molecule has 0 atom stereocenters. The van der Waals surface area contributed by atoms with Gasteiger partial charge < -0.3 is 27.4 Å². The first-order valence-electron chi connectivity index (χ1n) is 25.7. The van der Waals surface area contributed by atoms with Gasteiger partial charge in [0.1, 0.15) is 11.3 Å². The van der Waals surface area contributed by atoms with Crippen LogP contribution >= 0.6 is 0 Å². The molecule has 0 spiro atoms. The van der Waals surface area contributed by atoms with Gasteiger partial charge in [0, 0.05) is 76.2 Å². The maximum absolute atomic E-state index is 6.77. The van der Waals surface area contributed by atoms with Crippen LogP contribution in [0.3, 0.4) is 0 Å². The van der Waals surface area contributed by atoms with Gasteiger partial charge in [-0.15, -0.1) is 0 Å². The third kappa shape index (κ3) is 5.63. The third-order valence-electron chi connectivity index (χ3n) is 15.9. The molecule has 10 aromatic carbocycles. The number of furan rings is 2. The molecular formula is C69H46N4O2. The first-order valence-corrected chi connectivity index (χ1v) is 25.7. The maximum atomic E-state index is 6.77. The number of hydrogen-bond acceptors (Lipinski definition) is 4. The first kappa shape index (κ1) is 41.8. The number of para-hydroxylation sites is 5. The minimum absolute atomic E-state index is 0.759. The Morgan fingerprint density at radius 3 is 1.44 bits per heavy atom. The van der Waals surface area contributed by atoms with E-state index in [9.17, 15) is 0 Å². The van der Waals surface area contributed by atoms with Crippen molar-refractivity contribution in [3.8, 4) is 0 Å². The average Bonchev–Trinajstić information content (AvgIpc) is 4.36. The van der Waals surface area contributed by atoms with Crippen LogP contribution in [0, 0.1) is 13.8 Å². The van der Waals surface area contributed by atoms with E-state index in [2.05, 4.69) is 239 Å². The first-order chi connectivity index (χ1) is 37.0. The summed E-state index contributed by atoms with van der Waals surface area (Å²) in [5.41, 5.74) is 19.4. The second kappa shape index (κ2) is 15.4. The van der Waals surface area contributed by atoms with Crippen LogP contribution in [0.25, 0.3) is 121 Å². The molecule has 6 aromatic heterocycles. The lowest BCUT2D eigenvalue weighted by Gasteiger charge is -2.27. The zero-order valence-corrected chi connectivity index (χ0v) is 41.5. The molecule has 0 radical (unpaired) electrons. The van der Waals surface area contributed by atoms with Crippen LogP contribution in [0.15, 0.2) is 216 Å². The van der Waals surface area contributed by atoms with Crippen molar-refractivity contribution in [2.75, 3.05) is 9.80 Å². The molecule has 6 heteroatoms. The Balaban J connectivity index is 0.952. The second-order valence-electron chi connectivity index (χ2n) is 20.1. The Hall–Kier alpha value is -9.78. The van der Waals surface area contributed by atoms with Gasteiger partial charge >= 0.3 is 0 Å². The Kier molecular flexibility index (Phi) is 8.57. The lowest BCUT2D eigenvalue weighted by Crippen LogP contribution is -2.11. The zero-order valence-electron chi connectivity index (χ0n) is 41.5. The van der Waals surface area contributed by atoms with E-state index in [0.717, 1.165) is 89.4 Å². The highest BCUT2D eigenvalue weighted by Gasteiger charge is 2.29. The molecule has 16 rings (SSSR count). The molecule has 0 saturated carbocycles. The molecule has 16 aromatic rings. The minimum atomic E-state index is 0.759. The van der Waals surface area contributed by atoms with Gasteiger partial charge in [-0.25, -0.2) is 0 Å². The normalized spacial score (nSPS) is 12.5. The van der Waals surface area contributed by atoms with E-state index < -0.39 is 0 Å². The largest absolute Gasteiger partial charge is 0.454 e. The minimum Gasteiger partial charge on any atom is -0.454 e. The SMILES string of the molecule is C=Cc1oc2c(N(c3cccc(C)c3)c3cccc4c3c3cccc5c6cc7c(cc6n4c53)c3cccc4c5c(N(c6cccc(C)c6)c6cccc8c6oc6ccccc68)cccc5n7c34)cccc2c1/C=C\C. The summed E-state index contributed by atoms with van der Waals surface area (Å²) in [6.07, 6.45) is 5.99. The van der Waals surface area contributed by atoms with E-state index in [4.69, 9.17) is 8.83 Å². The number of aryl methyl sites for hydroxylation is 2. The fraction of sp³-hybridized carbons (Fsp3) is 0.0435. The molecule has 0 aliphatic rings. The molecular weight excluding hydrogens is 917 g/mol. The van der Waals surface area contributed by atoms with Gasteiger partial charge in [-0.1, -0.05) is 134 Å². The number of fused-ring (bicyclic) bond motifs is 16. The van der Waals surface area contributed by atoms with Gasteiger partial charge in [-0.2, -0.15) is 0 Å². The topological polar surface area (TPSA) is 41.6 Å². The molecule has 0 N–H and O–H groups in total. The molecule has 0 aliphatic carbocycles. The Labute approximate surface area is 430 Å². The highest BCUT2D eigenvalue weighted by Crippen LogP contribution is 2.52. The molecule has 6 heterocycles. The molecule has 0 bridgehead atoms. The molecule has 354 valence electrons. The van der Waals surface area contributed by atoms with Gasteiger partial charge in [-0.3, -0.25) is 0 Å². The predicted octanol–water partition coefficient (Wildman–Crippen LogP) is 19.9. The van der Waals surface area contributed by atoms with Crippen LogP contribution in [-0.4, -0.2) is 8.80 Å². The van der Waals surface area contributed by atoms with Crippen LogP contribution in [0.5, 0.6) is 0 Å². The van der Waals surface area contributed by atoms with Gasteiger partial charge in [0.2, 0.25) is 0 Å². The number of anilines is 6. The highest BCUT2D eigenvalue weighted by atomic mass is 16.3. The highest BCUT2D eigenvalue weighted by molar-refractivity contribution is 6.31. The molecule has 6 nitrogen and oxygen atoms in total. The van der Waals surface area contributed by atoms with E-state index in [1.54, 1.807) is 0 Å². The number of allylic oxidation sites excluding steroid dienone is 1. The van der Waals surface area contributed by atoms with Gasteiger partial charge in [-0.05, 0) is 117 Å². The smallest absolute Gasteiger partial charge is 0.159 e. The van der Waals surface area contributed by atoms with Crippen molar-refractivity contribution in [3.63, 3.8) is 0 Å². The van der Waals surface area contributed by atoms with Crippen LogP contribution in [-0.2, 0) is 0 Å². The van der Waals surface area contributed by atoms with E-state index in [1.165, 1.54) is 76.3 Å². The monoisotopic (exact) mass is 962 g/mol. The molecule has 0 aliphatic heterocycles. The van der Waals surface area contributed by atoms with Crippen molar-refractivity contribution >= 4 is 155 Å². The summed E-state index contributed by atoms with van der Waals surface area (Å²) in [5, 5.41) is 13.0. The van der Waals surface area contributed by atoms with Crippen molar-refractivity contribution < 1.29 is 8.83 Å². The Bertz CT molecular complexity index is 5100. The summed E-state index contributed by atoms with van der Waals surface area (Å²) in [6.45, 7) is 10.5. The Morgan fingerprint density at radius 1 is 0.413 bits per heavy atom. The maximum Gasteiger partial charge on any atom is 0.159 e. The molecule has 0 fully saturated rings. The predicted molar refractivity (Wildman–Crippen MR) is 316 cm³/mol. The van der Waals surface area contributed by atoms with E-state index in [0.29, 0.717) is 0 Å². The van der Waals surface area contributed by atoms with Crippen molar-refractivity contribution in [1.29, 1.82) is 0 Å². The summed E-state index contributed by atoms with van der Waals surface area (Å²) in [6, 6.07) is 71.1. The molecule has 75 heavy (non-hydrogen) atoms. The fourth-order valence-corrected chi connectivity index (χ4v) is 12.9. The summed E-state index contributed by atoms with van der Waals surface area (Å²) < 4.78 is 18.6. The summed E-state index contributed by atoms with van der Waals surface area (Å²) >= 11 is 0.